The van der Waals surface area contributed by atoms with Gasteiger partial charge in [-0.3, -0.25) is 9.59 Å². The Morgan fingerprint density at radius 2 is 1.91 bits per heavy atom. The van der Waals surface area contributed by atoms with Crippen molar-refractivity contribution in [3.63, 3.8) is 0 Å². The summed E-state index contributed by atoms with van der Waals surface area (Å²) in [6.07, 6.45) is 6.20. The summed E-state index contributed by atoms with van der Waals surface area (Å²) in [7, 11) is 0. The van der Waals surface area contributed by atoms with E-state index in [0.717, 1.165) is 0 Å². The van der Waals surface area contributed by atoms with Crippen LogP contribution in [0.15, 0.2) is 5.11 Å². The molecular formula is C14H26N4O4. The lowest BCUT2D eigenvalue weighted by atomic mass is 9.97. The van der Waals surface area contributed by atoms with Gasteiger partial charge in [-0.2, -0.15) is 0 Å². The Kier molecular flexibility index (Phi) is 9.21. The average molecular weight is 314 g/mol. The van der Waals surface area contributed by atoms with Gasteiger partial charge in [-0.05, 0) is 39.1 Å². The summed E-state index contributed by atoms with van der Waals surface area (Å²) in [5.74, 6) is -2.05. The number of hydrogen-bond donors (Lipinski definition) is 2. The molecule has 8 nitrogen and oxygen atoms in total. The van der Waals surface area contributed by atoms with Gasteiger partial charge in [-0.1, -0.05) is 24.4 Å². The van der Waals surface area contributed by atoms with Crippen molar-refractivity contribution in [2.24, 2.45) is 10.8 Å². The van der Waals surface area contributed by atoms with E-state index in [1.54, 1.807) is 20.8 Å². The van der Waals surface area contributed by atoms with Crippen LogP contribution in [-0.4, -0.2) is 34.7 Å². The van der Waals surface area contributed by atoms with Gasteiger partial charge in [0.1, 0.15) is 11.6 Å². The number of carbonyl (C=O) groups excluding carboxylic acids is 1. The van der Waals surface area contributed by atoms with E-state index in [-0.39, 0.29) is 0 Å². The fourth-order valence-electron chi connectivity index (χ4n) is 1.92. The summed E-state index contributed by atoms with van der Waals surface area (Å²) in [6, 6.07) is -0.876. The standard InChI is InChI=1S/C8H13N3O4.C6H13N/c1-8(2,3)15-6(12)4-5(7(13)14)10-11-9;7-6-4-2-1-3-5-6/h5H,4H2,1-3H3,(H,13,14);6H,1-5,7H2/t5-;/m1./s1. The number of carboxylic acid groups (broad SMARTS) is 1. The number of carboxylic acids is 1. The first kappa shape index (κ1) is 20.2. The molecule has 1 aliphatic carbocycles. The minimum Gasteiger partial charge on any atom is -0.481 e. The third-order valence-electron chi connectivity index (χ3n) is 2.91. The number of ether oxygens (including phenoxy) is 1. The quantitative estimate of drug-likeness (QED) is 0.355. The minimum atomic E-state index is -1.41. The zero-order chi connectivity index (χ0) is 17.2. The van der Waals surface area contributed by atoms with Gasteiger partial charge in [0.25, 0.3) is 0 Å². The summed E-state index contributed by atoms with van der Waals surface area (Å²) in [5.41, 5.74) is 13.0. The van der Waals surface area contributed by atoms with Crippen LogP contribution in [-0.2, 0) is 14.3 Å². The summed E-state index contributed by atoms with van der Waals surface area (Å²) in [5, 5.41) is 11.6. The van der Waals surface area contributed by atoms with Crippen LogP contribution < -0.4 is 5.73 Å². The predicted molar refractivity (Wildman–Crippen MR) is 82.1 cm³/mol. The first-order valence-electron chi connectivity index (χ1n) is 7.40. The molecule has 0 aromatic heterocycles. The lowest BCUT2D eigenvalue weighted by Gasteiger charge is -2.19. The van der Waals surface area contributed by atoms with E-state index in [1.165, 1.54) is 32.1 Å². The minimum absolute atomic E-state index is 0.462. The van der Waals surface area contributed by atoms with Crippen LogP contribution in [0.4, 0.5) is 0 Å². The van der Waals surface area contributed by atoms with Crippen molar-refractivity contribution in [1.82, 2.24) is 0 Å². The topological polar surface area (TPSA) is 138 Å². The Balaban J connectivity index is 0.000000518. The maximum atomic E-state index is 11.2. The zero-order valence-corrected chi connectivity index (χ0v) is 13.5. The SMILES string of the molecule is CC(C)(C)OC(=O)C[C@@H](N=[N+]=[N-])C(=O)O.NC1CCCCC1. The molecule has 0 unspecified atom stereocenters. The van der Waals surface area contributed by atoms with E-state index in [4.69, 9.17) is 21.1 Å². The molecule has 1 rings (SSSR count). The number of azide groups is 1. The summed E-state index contributed by atoms with van der Waals surface area (Å²) in [6.45, 7) is 4.98. The largest absolute Gasteiger partial charge is 0.481 e. The van der Waals surface area contributed by atoms with Crippen LogP contribution in [0.5, 0.6) is 0 Å². The van der Waals surface area contributed by atoms with E-state index in [1.807, 2.05) is 0 Å². The maximum absolute atomic E-state index is 11.2. The van der Waals surface area contributed by atoms with E-state index < -0.39 is 30.0 Å². The molecule has 126 valence electrons. The Labute approximate surface area is 130 Å². The van der Waals surface area contributed by atoms with Crippen LogP contribution in [0.2, 0.25) is 0 Å². The van der Waals surface area contributed by atoms with E-state index in [9.17, 15) is 9.59 Å². The molecule has 0 radical (unpaired) electrons. The van der Waals surface area contributed by atoms with Gasteiger partial charge in [-0.15, -0.1) is 0 Å². The van der Waals surface area contributed by atoms with Crippen LogP contribution in [0.1, 0.15) is 59.3 Å². The van der Waals surface area contributed by atoms with Gasteiger partial charge >= 0.3 is 11.9 Å². The predicted octanol–water partition coefficient (Wildman–Crippen LogP) is 2.76. The molecule has 0 heterocycles. The molecule has 0 aliphatic heterocycles. The molecule has 1 aliphatic rings. The monoisotopic (exact) mass is 314 g/mol. The van der Waals surface area contributed by atoms with Crippen LogP contribution in [0.25, 0.3) is 10.4 Å². The number of esters is 1. The number of rotatable bonds is 4. The first-order valence-corrected chi connectivity index (χ1v) is 7.40. The Morgan fingerprint density at radius 1 is 1.36 bits per heavy atom. The maximum Gasteiger partial charge on any atom is 0.313 e. The smallest absolute Gasteiger partial charge is 0.313 e. The highest BCUT2D eigenvalue weighted by Crippen LogP contribution is 2.14. The zero-order valence-electron chi connectivity index (χ0n) is 13.5. The van der Waals surface area contributed by atoms with E-state index >= 15 is 0 Å². The van der Waals surface area contributed by atoms with Crippen molar-refractivity contribution < 1.29 is 19.4 Å². The molecular weight excluding hydrogens is 288 g/mol. The van der Waals surface area contributed by atoms with Gasteiger partial charge in [0.2, 0.25) is 0 Å². The van der Waals surface area contributed by atoms with Crippen molar-refractivity contribution in [2.75, 3.05) is 0 Å². The number of nitrogens with two attached hydrogens (primary N) is 1. The van der Waals surface area contributed by atoms with Crippen molar-refractivity contribution in [1.29, 1.82) is 0 Å². The third kappa shape index (κ3) is 10.9. The lowest BCUT2D eigenvalue weighted by molar-refractivity contribution is -0.157. The molecule has 0 amide bonds. The van der Waals surface area contributed by atoms with Gasteiger partial charge in [0.05, 0.1) is 6.42 Å². The molecule has 1 atom stereocenters. The van der Waals surface area contributed by atoms with Crippen LogP contribution in [0, 0.1) is 0 Å². The second-order valence-corrected chi connectivity index (χ2v) is 6.25. The van der Waals surface area contributed by atoms with Crippen LogP contribution >= 0.6 is 0 Å². The highest BCUT2D eigenvalue weighted by molar-refractivity contribution is 5.81. The molecule has 0 spiro atoms. The van der Waals surface area contributed by atoms with Crippen molar-refractivity contribution in [3.8, 4) is 0 Å². The molecule has 0 aromatic rings. The normalized spacial score (nSPS) is 16.5. The second-order valence-electron chi connectivity index (χ2n) is 6.25. The second kappa shape index (κ2) is 10.0. The molecule has 0 saturated heterocycles. The molecule has 0 bridgehead atoms. The van der Waals surface area contributed by atoms with Crippen molar-refractivity contribution in [2.45, 2.75) is 77.0 Å². The third-order valence-corrected chi connectivity index (χ3v) is 2.91. The van der Waals surface area contributed by atoms with Crippen molar-refractivity contribution in [3.05, 3.63) is 10.4 Å². The molecule has 22 heavy (non-hydrogen) atoms. The van der Waals surface area contributed by atoms with Gasteiger partial charge in [0, 0.05) is 11.0 Å². The lowest BCUT2D eigenvalue weighted by Crippen LogP contribution is -2.28. The van der Waals surface area contributed by atoms with Crippen molar-refractivity contribution >= 4 is 11.9 Å². The number of nitrogens with zero attached hydrogens (tertiary/aromatic N) is 3. The summed E-state index contributed by atoms with van der Waals surface area (Å²) >= 11 is 0. The molecule has 0 aromatic carbocycles. The Morgan fingerprint density at radius 3 is 2.23 bits per heavy atom. The number of carbonyl (C=O) groups is 2. The average Bonchev–Trinajstić information content (AvgIpc) is 2.37. The highest BCUT2D eigenvalue weighted by atomic mass is 16.6. The first-order chi connectivity index (χ1) is 10.2. The fraction of sp³-hybridized carbons (Fsp3) is 0.857. The van der Waals surface area contributed by atoms with Gasteiger partial charge in [-0.25, -0.2) is 0 Å². The number of hydrogen-bond acceptors (Lipinski definition) is 5. The molecule has 1 saturated carbocycles. The van der Waals surface area contributed by atoms with Gasteiger partial charge in [0.15, 0.2) is 0 Å². The Hall–Kier alpha value is -1.79. The van der Waals surface area contributed by atoms with E-state index in [0.29, 0.717) is 6.04 Å². The fourth-order valence-corrected chi connectivity index (χ4v) is 1.92. The van der Waals surface area contributed by atoms with E-state index in [2.05, 4.69) is 10.0 Å². The molecule has 3 N–H and O–H groups in total. The summed E-state index contributed by atoms with van der Waals surface area (Å²) < 4.78 is 4.88. The highest BCUT2D eigenvalue weighted by Gasteiger charge is 2.23. The van der Waals surface area contributed by atoms with Gasteiger partial charge < -0.3 is 15.6 Å². The van der Waals surface area contributed by atoms with Crippen LogP contribution in [0.3, 0.4) is 0 Å². The molecule has 1 fully saturated rings. The Bertz CT molecular complexity index is 406. The number of aliphatic carboxylic acids is 1. The molecule has 8 heteroatoms. The summed E-state index contributed by atoms with van der Waals surface area (Å²) in [4.78, 5) is 24.0.